The van der Waals surface area contributed by atoms with Crippen molar-refractivity contribution in [1.29, 1.82) is 0 Å². The van der Waals surface area contributed by atoms with Crippen LogP contribution in [0.2, 0.25) is 0 Å². The maximum Gasteiger partial charge on any atom is 0.168 e. The number of thioether (sulfide) groups is 1. The second kappa shape index (κ2) is 7.48. The van der Waals surface area contributed by atoms with Crippen LogP contribution in [0.1, 0.15) is 13.8 Å². The monoisotopic (exact) mass is 361 g/mol. The second-order valence-corrected chi connectivity index (χ2v) is 6.47. The molecule has 0 aliphatic heterocycles. The molecule has 0 unspecified atom stereocenters. The number of benzene rings is 2. The maximum absolute atomic E-state index is 11.9. The van der Waals surface area contributed by atoms with Crippen molar-refractivity contribution in [2.45, 2.75) is 18.7 Å². The van der Waals surface area contributed by atoms with E-state index in [1.165, 1.54) is 11.8 Å². The van der Waals surface area contributed by atoms with E-state index in [1.807, 2.05) is 61.5 Å². The van der Waals surface area contributed by atoms with E-state index in [2.05, 4.69) is 21.2 Å². The van der Waals surface area contributed by atoms with Crippen LogP contribution < -0.4 is 5.32 Å². The summed E-state index contributed by atoms with van der Waals surface area (Å²) in [7, 11) is 0. The number of nitrogens with one attached hydrogen (secondary N) is 1. The fraction of sp³-hybridized carbons (Fsp3) is 0.118. The topological polar surface area (TPSA) is 29.1 Å². The van der Waals surface area contributed by atoms with E-state index >= 15 is 0 Å². The molecule has 0 saturated carbocycles. The number of para-hydroxylation sites is 1. The first-order valence-electron chi connectivity index (χ1n) is 6.54. The molecule has 2 rings (SSSR count). The van der Waals surface area contributed by atoms with Gasteiger partial charge >= 0.3 is 0 Å². The zero-order chi connectivity index (χ0) is 15.2. The van der Waals surface area contributed by atoms with Crippen LogP contribution in [0.5, 0.6) is 0 Å². The van der Waals surface area contributed by atoms with E-state index in [-0.39, 0.29) is 5.78 Å². The van der Waals surface area contributed by atoms with Gasteiger partial charge in [-0.15, -0.1) is 0 Å². The molecular weight excluding hydrogens is 346 g/mol. The molecule has 1 N–H and O–H groups in total. The number of Topliss-reactive ketones (excluding diaryl/α,β-unsaturated/α-hetero) is 1. The predicted octanol–water partition coefficient (Wildman–Crippen LogP) is 5.47. The average molecular weight is 362 g/mol. The zero-order valence-electron chi connectivity index (χ0n) is 11.9. The third kappa shape index (κ3) is 4.48. The first-order valence-corrected chi connectivity index (χ1v) is 8.15. The summed E-state index contributed by atoms with van der Waals surface area (Å²) in [6.45, 7) is 3.52. The average Bonchev–Trinajstić information content (AvgIpc) is 2.48. The molecule has 2 nitrogen and oxygen atoms in total. The van der Waals surface area contributed by atoms with Crippen LogP contribution in [-0.2, 0) is 4.79 Å². The Morgan fingerprint density at radius 1 is 1.00 bits per heavy atom. The Labute approximate surface area is 137 Å². The summed E-state index contributed by atoms with van der Waals surface area (Å²) in [6.07, 6.45) is 0. The first kappa shape index (κ1) is 15.9. The summed E-state index contributed by atoms with van der Waals surface area (Å²) in [4.78, 5) is 13.7. The van der Waals surface area contributed by atoms with Crippen LogP contribution in [0.3, 0.4) is 0 Å². The van der Waals surface area contributed by atoms with Gasteiger partial charge in [-0.2, -0.15) is 0 Å². The number of halogens is 1. The van der Waals surface area contributed by atoms with Crippen LogP contribution in [0.25, 0.3) is 0 Å². The van der Waals surface area contributed by atoms with Gasteiger partial charge in [0.15, 0.2) is 5.78 Å². The fourth-order valence-electron chi connectivity index (χ4n) is 1.84. The van der Waals surface area contributed by atoms with Gasteiger partial charge in [0.2, 0.25) is 0 Å². The van der Waals surface area contributed by atoms with Crippen molar-refractivity contribution < 1.29 is 4.79 Å². The number of carbonyl (C=O) groups is 1. The summed E-state index contributed by atoms with van der Waals surface area (Å²) < 4.78 is 0.969. The molecule has 21 heavy (non-hydrogen) atoms. The molecule has 0 amide bonds. The van der Waals surface area contributed by atoms with Crippen molar-refractivity contribution in [2.75, 3.05) is 5.32 Å². The highest BCUT2D eigenvalue weighted by molar-refractivity contribution is 9.10. The molecule has 2 aromatic rings. The van der Waals surface area contributed by atoms with Gasteiger partial charge in [0.05, 0.1) is 10.6 Å². The smallest absolute Gasteiger partial charge is 0.168 e. The Bertz CT molecular complexity index is 668. The standard InChI is InChI=1S/C17H16BrNOS/c1-12(19-16-11-7-6-10-15(16)18)17(13(2)20)21-14-8-4-3-5-9-14/h3-11,19H,1-2H3/b17-12+. The number of rotatable bonds is 5. The zero-order valence-corrected chi connectivity index (χ0v) is 14.3. The lowest BCUT2D eigenvalue weighted by atomic mass is 10.3. The van der Waals surface area contributed by atoms with Crippen molar-refractivity contribution in [2.24, 2.45) is 0 Å². The number of allylic oxidation sites excluding steroid dienone is 2. The molecule has 0 spiro atoms. The minimum atomic E-state index is 0.0564. The van der Waals surface area contributed by atoms with Gasteiger partial charge < -0.3 is 5.32 Å². The molecule has 108 valence electrons. The maximum atomic E-state index is 11.9. The van der Waals surface area contributed by atoms with Crippen LogP contribution >= 0.6 is 27.7 Å². The Balaban J connectivity index is 2.27. The molecule has 0 aliphatic carbocycles. The number of anilines is 1. The van der Waals surface area contributed by atoms with E-state index in [9.17, 15) is 4.79 Å². The van der Waals surface area contributed by atoms with Gasteiger partial charge in [-0.05, 0) is 54.0 Å². The van der Waals surface area contributed by atoms with E-state index in [1.54, 1.807) is 6.92 Å². The lowest BCUT2D eigenvalue weighted by Gasteiger charge is -2.13. The first-order chi connectivity index (χ1) is 10.1. The molecule has 2 aromatic carbocycles. The summed E-state index contributed by atoms with van der Waals surface area (Å²) in [5, 5.41) is 3.30. The van der Waals surface area contributed by atoms with E-state index in [0.29, 0.717) is 0 Å². The number of carbonyl (C=O) groups excluding carboxylic acids is 1. The van der Waals surface area contributed by atoms with Crippen molar-refractivity contribution in [1.82, 2.24) is 0 Å². The lowest BCUT2D eigenvalue weighted by molar-refractivity contribution is -0.113. The van der Waals surface area contributed by atoms with Crippen molar-refractivity contribution >= 4 is 39.2 Å². The number of hydrogen-bond donors (Lipinski definition) is 1. The quantitative estimate of drug-likeness (QED) is 0.565. The van der Waals surface area contributed by atoms with E-state index in [0.717, 1.165) is 25.7 Å². The summed E-state index contributed by atoms with van der Waals surface area (Å²) in [5.41, 5.74) is 1.80. The molecule has 0 radical (unpaired) electrons. The van der Waals surface area contributed by atoms with Gasteiger partial charge in [0.25, 0.3) is 0 Å². The van der Waals surface area contributed by atoms with Gasteiger partial charge in [-0.3, -0.25) is 4.79 Å². The van der Waals surface area contributed by atoms with Gasteiger partial charge in [0, 0.05) is 15.1 Å². The molecule has 4 heteroatoms. The van der Waals surface area contributed by atoms with Crippen molar-refractivity contribution in [3.63, 3.8) is 0 Å². The normalized spacial score (nSPS) is 11.8. The fourth-order valence-corrected chi connectivity index (χ4v) is 3.10. The third-order valence-corrected chi connectivity index (χ3v) is 4.82. The Kier molecular flexibility index (Phi) is 5.65. The van der Waals surface area contributed by atoms with Gasteiger partial charge in [-0.25, -0.2) is 0 Å². The minimum absolute atomic E-state index is 0.0564. The predicted molar refractivity (Wildman–Crippen MR) is 93.4 cm³/mol. The van der Waals surface area contributed by atoms with E-state index < -0.39 is 0 Å². The molecule has 0 saturated heterocycles. The van der Waals surface area contributed by atoms with Crippen molar-refractivity contribution in [3.8, 4) is 0 Å². The molecule has 0 fully saturated rings. The Morgan fingerprint density at radius 2 is 1.62 bits per heavy atom. The molecule has 0 heterocycles. The van der Waals surface area contributed by atoms with Crippen LogP contribution in [0.4, 0.5) is 5.69 Å². The van der Waals surface area contributed by atoms with Gasteiger partial charge in [-0.1, -0.05) is 42.1 Å². The lowest BCUT2D eigenvalue weighted by Crippen LogP contribution is -2.04. The molecule has 0 aliphatic rings. The second-order valence-electron chi connectivity index (χ2n) is 4.53. The highest BCUT2D eigenvalue weighted by Crippen LogP contribution is 2.31. The highest BCUT2D eigenvalue weighted by Gasteiger charge is 2.11. The largest absolute Gasteiger partial charge is 0.357 e. The van der Waals surface area contributed by atoms with Gasteiger partial charge in [0.1, 0.15) is 0 Å². The summed E-state index contributed by atoms with van der Waals surface area (Å²) in [6, 6.07) is 17.8. The highest BCUT2D eigenvalue weighted by atomic mass is 79.9. The van der Waals surface area contributed by atoms with E-state index in [4.69, 9.17) is 0 Å². The SMILES string of the molecule is CC(=O)/C(Sc1ccccc1)=C(/C)Nc1ccccc1Br. The van der Waals surface area contributed by atoms with Crippen LogP contribution in [0, 0.1) is 0 Å². The Hall–Kier alpha value is -1.52. The summed E-state index contributed by atoms with van der Waals surface area (Å²) in [5.74, 6) is 0.0564. The van der Waals surface area contributed by atoms with Crippen molar-refractivity contribution in [3.05, 3.63) is 69.7 Å². The Morgan fingerprint density at radius 3 is 2.24 bits per heavy atom. The minimum Gasteiger partial charge on any atom is -0.357 e. The summed E-state index contributed by atoms with van der Waals surface area (Å²) >= 11 is 4.98. The molecular formula is C17H16BrNOS. The molecule has 0 aromatic heterocycles. The van der Waals surface area contributed by atoms with Crippen LogP contribution in [-0.4, -0.2) is 5.78 Å². The molecule has 0 bridgehead atoms. The number of ketones is 1. The van der Waals surface area contributed by atoms with Crippen LogP contribution in [0.15, 0.2) is 74.6 Å². The molecule has 0 atom stereocenters. The third-order valence-electron chi connectivity index (χ3n) is 2.82. The number of hydrogen-bond acceptors (Lipinski definition) is 3.